The van der Waals surface area contributed by atoms with Crippen molar-refractivity contribution >= 4 is 5.69 Å². The van der Waals surface area contributed by atoms with Gasteiger partial charge in [-0.15, -0.1) is 0 Å². The first-order valence-corrected chi connectivity index (χ1v) is 7.52. The van der Waals surface area contributed by atoms with Gasteiger partial charge in [0, 0.05) is 43.1 Å². The van der Waals surface area contributed by atoms with Gasteiger partial charge in [0.1, 0.15) is 5.75 Å². The van der Waals surface area contributed by atoms with Gasteiger partial charge < -0.3 is 20.1 Å². The van der Waals surface area contributed by atoms with E-state index in [2.05, 4.69) is 16.3 Å². The summed E-state index contributed by atoms with van der Waals surface area (Å²) in [7, 11) is 1.90. The highest BCUT2D eigenvalue weighted by Gasteiger charge is 2.20. The molecule has 0 aromatic heterocycles. The molecule has 1 saturated heterocycles. The Hall–Kier alpha value is -1.26. The van der Waals surface area contributed by atoms with E-state index in [-0.39, 0.29) is 6.04 Å². The molecule has 1 aliphatic heterocycles. The van der Waals surface area contributed by atoms with E-state index in [9.17, 15) is 5.11 Å². The molecule has 2 rings (SSSR count). The smallest absolute Gasteiger partial charge is 0.122 e. The van der Waals surface area contributed by atoms with Crippen LogP contribution in [0.2, 0.25) is 0 Å². The number of anilines is 1. The van der Waals surface area contributed by atoms with Crippen LogP contribution in [-0.4, -0.2) is 38.0 Å². The molecular formula is C16H26N2O2. The second kappa shape index (κ2) is 6.95. The number of ether oxygens (including phenoxy) is 1. The third-order valence-corrected chi connectivity index (χ3v) is 4.12. The number of benzene rings is 1. The molecule has 0 aliphatic carbocycles. The Morgan fingerprint density at radius 2 is 2.10 bits per heavy atom. The maximum Gasteiger partial charge on any atom is 0.122 e. The molecule has 0 radical (unpaired) electrons. The molecule has 2 N–H and O–H groups in total. The summed E-state index contributed by atoms with van der Waals surface area (Å²) in [5.41, 5.74) is 2.05. The second-order valence-corrected chi connectivity index (χ2v) is 5.40. The summed E-state index contributed by atoms with van der Waals surface area (Å²) >= 11 is 0. The van der Waals surface area contributed by atoms with Crippen LogP contribution in [0.1, 0.15) is 38.3 Å². The van der Waals surface area contributed by atoms with Crippen molar-refractivity contribution < 1.29 is 9.84 Å². The van der Waals surface area contributed by atoms with Crippen LogP contribution in [0.25, 0.3) is 0 Å². The molecule has 1 aromatic rings. The zero-order valence-electron chi connectivity index (χ0n) is 12.7. The predicted octanol–water partition coefficient (Wildman–Crippen LogP) is 2.68. The number of hydrogen-bond donors (Lipinski definition) is 2. The van der Waals surface area contributed by atoms with Crippen LogP contribution < -0.4 is 10.2 Å². The number of phenolic OH excluding ortho intramolecular Hbond substituents is 1. The van der Waals surface area contributed by atoms with Crippen molar-refractivity contribution in [3.8, 4) is 5.75 Å². The van der Waals surface area contributed by atoms with Gasteiger partial charge in [0.05, 0.1) is 6.10 Å². The number of rotatable bonds is 5. The number of nitrogens with one attached hydrogen (secondary N) is 1. The van der Waals surface area contributed by atoms with Gasteiger partial charge in [0.15, 0.2) is 0 Å². The summed E-state index contributed by atoms with van der Waals surface area (Å²) in [5.74, 6) is 0.372. The Labute approximate surface area is 121 Å². The molecule has 0 amide bonds. The molecule has 4 heteroatoms. The van der Waals surface area contributed by atoms with E-state index in [1.165, 1.54) is 0 Å². The zero-order valence-corrected chi connectivity index (χ0v) is 12.7. The molecule has 0 spiro atoms. The van der Waals surface area contributed by atoms with Gasteiger partial charge >= 0.3 is 0 Å². The number of hydrogen-bond acceptors (Lipinski definition) is 4. The normalized spacial score (nSPS) is 18.2. The minimum atomic E-state index is 0.160. The molecule has 1 unspecified atom stereocenters. The van der Waals surface area contributed by atoms with E-state index in [0.717, 1.165) is 43.8 Å². The monoisotopic (exact) mass is 278 g/mol. The lowest BCUT2D eigenvalue weighted by Gasteiger charge is -2.33. The molecule has 112 valence electrons. The van der Waals surface area contributed by atoms with Crippen LogP contribution in [-0.2, 0) is 4.74 Å². The van der Waals surface area contributed by atoms with Gasteiger partial charge in [-0.2, -0.15) is 0 Å². The second-order valence-electron chi connectivity index (χ2n) is 5.40. The standard InChI is InChI=1S/C16H26N2O2/c1-4-20-14-7-9-18(10-8-14)13-5-6-15(12(2)17-3)16(19)11-13/h5-6,11-12,14,17,19H,4,7-10H2,1-3H3. The summed E-state index contributed by atoms with van der Waals surface area (Å²) < 4.78 is 5.67. The van der Waals surface area contributed by atoms with Gasteiger partial charge in [-0.3, -0.25) is 0 Å². The van der Waals surface area contributed by atoms with E-state index in [4.69, 9.17) is 4.74 Å². The van der Waals surface area contributed by atoms with Crippen molar-refractivity contribution in [1.29, 1.82) is 0 Å². The molecule has 0 bridgehead atoms. The molecule has 1 atom stereocenters. The van der Waals surface area contributed by atoms with Crippen molar-refractivity contribution in [3.63, 3.8) is 0 Å². The number of nitrogens with zero attached hydrogens (tertiary/aromatic N) is 1. The quantitative estimate of drug-likeness (QED) is 0.869. The van der Waals surface area contributed by atoms with Crippen molar-refractivity contribution in [2.24, 2.45) is 0 Å². The van der Waals surface area contributed by atoms with E-state index < -0.39 is 0 Å². The Morgan fingerprint density at radius 3 is 2.65 bits per heavy atom. The largest absolute Gasteiger partial charge is 0.508 e. The van der Waals surface area contributed by atoms with Gasteiger partial charge in [0.25, 0.3) is 0 Å². The Kier molecular flexibility index (Phi) is 5.26. The maximum atomic E-state index is 10.2. The van der Waals surface area contributed by atoms with Crippen molar-refractivity contribution in [3.05, 3.63) is 23.8 Å². The summed E-state index contributed by atoms with van der Waals surface area (Å²) in [6, 6.07) is 6.15. The fraction of sp³-hybridized carbons (Fsp3) is 0.625. The number of aromatic hydroxyl groups is 1. The average Bonchev–Trinajstić information content (AvgIpc) is 2.47. The lowest BCUT2D eigenvalue weighted by molar-refractivity contribution is 0.0459. The minimum Gasteiger partial charge on any atom is -0.508 e. The molecule has 0 saturated carbocycles. The van der Waals surface area contributed by atoms with Crippen molar-refractivity contribution in [2.75, 3.05) is 31.6 Å². The Morgan fingerprint density at radius 1 is 1.40 bits per heavy atom. The van der Waals surface area contributed by atoms with Crippen LogP contribution in [0.15, 0.2) is 18.2 Å². The molecule has 4 nitrogen and oxygen atoms in total. The summed E-state index contributed by atoms with van der Waals surface area (Å²) in [4.78, 5) is 2.32. The van der Waals surface area contributed by atoms with Crippen LogP contribution in [0.5, 0.6) is 5.75 Å². The van der Waals surface area contributed by atoms with E-state index >= 15 is 0 Å². The number of piperidine rings is 1. The third kappa shape index (κ3) is 3.44. The maximum absolute atomic E-state index is 10.2. The summed E-state index contributed by atoms with van der Waals surface area (Å²) in [6.07, 6.45) is 2.51. The van der Waals surface area contributed by atoms with Crippen LogP contribution in [0.3, 0.4) is 0 Å². The summed E-state index contributed by atoms with van der Waals surface area (Å²) in [5, 5.41) is 13.3. The highest BCUT2D eigenvalue weighted by molar-refractivity contribution is 5.54. The Balaban J connectivity index is 2.02. The lowest BCUT2D eigenvalue weighted by Crippen LogP contribution is -2.37. The molecule has 1 aromatic carbocycles. The molecule has 1 aliphatic rings. The van der Waals surface area contributed by atoms with Crippen LogP contribution in [0, 0.1) is 0 Å². The summed E-state index contributed by atoms with van der Waals surface area (Å²) in [6.45, 7) is 6.87. The minimum absolute atomic E-state index is 0.160. The van der Waals surface area contributed by atoms with E-state index in [1.54, 1.807) is 0 Å². The highest BCUT2D eigenvalue weighted by Crippen LogP contribution is 2.30. The average molecular weight is 278 g/mol. The van der Waals surface area contributed by atoms with E-state index in [1.807, 2.05) is 33.0 Å². The van der Waals surface area contributed by atoms with Crippen molar-refractivity contribution in [1.82, 2.24) is 5.32 Å². The topological polar surface area (TPSA) is 44.7 Å². The fourth-order valence-corrected chi connectivity index (χ4v) is 2.77. The first-order valence-electron chi connectivity index (χ1n) is 7.52. The molecular weight excluding hydrogens is 252 g/mol. The zero-order chi connectivity index (χ0) is 14.5. The van der Waals surface area contributed by atoms with Crippen LogP contribution >= 0.6 is 0 Å². The first kappa shape index (κ1) is 15.1. The highest BCUT2D eigenvalue weighted by atomic mass is 16.5. The van der Waals surface area contributed by atoms with Gasteiger partial charge in [-0.05, 0) is 39.8 Å². The number of phenols is 1. The SMILES string of the molecule is CCOC1CCN(c2ccc(C(C)NC)c(O)c2)CC1. The fourth-order valence-electron chi connectivity index (χ4n) is 2.77. The van der Waals surface area contributed by atoms with Crippen molar-refractivity contribution in [2.45, 2.75) is 38.8 Å². The van der Waals surface area contributed by atoms with E-state index in [0.29, 0.717) is 11.9 Å². The molecule has 20 heavy (non-hydrogen) atoms. The first-order chi connectivity index (χ1) is 9.65. The molecule has 1 fully saturated rings. The van der Waals surface area contributed by atoms with Gasteiger partial charge in [-0.25, -0.2) is 0 Å². The van der Waals surface area contributed by atoms with Gasteiger partial charge in [-0.1, -0.05) is 6.07 Å². The lowest BCUT2D eigenvalue weighted by atomic mass is 10.0. The predicted molar refractivity (Wildman–Crippen MR) is 82.4 cm³/mol. The van der Waals surface area contributed by atoms with Gasteiger partial charge in [0.2, 0.25) is 0 Å². The third-order valence-electron chi connectivity index (χ3n) is 4.12. The Bertz CT molecular complexity index is 428. The molecule has 1 heterocycles. The van der Waals surface area contributed by atoms with Crippen LogP contribution in [0.4, 0.5) is 5.69 Å².